The third-order valence-corrected chi connectivity index (χ3v) is 4.67. The fourth-order valence-corrected chi connectivity index (χ4v) is 3.50. The van der Waals surface area contributed by atoms with E-state index in [1.807, 2.05) is 13.0 Å². The van der Waals surface area contributed by atoms with Crippen LogP contribution in [-0.4, -0.2) is 26.4 Å². The highest BCUT2D eigenvalue weighted by Crippen LogP contribution is 2.25. The molecule has 5 nitrogen and oxygen atoms in total. The zero-order valence-electron chi connectivity index (χ0n) is 13.4. The van der Waals surface area contributed by atoms with E-state index in [2.05, 4.69) is 45.0 Å². The van der Waals surface area contributed by atoms with Crippen LogP contribution in [0.3, 0.4) is 0 Å². The summed E-state index contributed by atoms with van der Waals surface area (Å²) in [6, 6.07) is 8.38. The minimum Gasteiger partial charge on any atom is -0.358 e. The predicted octanol–water partition coefficient (Wildman–Crippen LogP) is 2.43. The first kappa shape index (κ1) is 14.2. The van der Waals surface area contributed by atoms with Crippen molar-refractivity contribution in [3.05, 3.63) is 63.0 Å². The number of fused-ring (bicyclic) bond motifs is 2. The van der Waals surface area contributed by atoms with Gasteiger partial charge >= 0.3 is 0 Å². The molecule has 0 bridgehead atoms. The van der Waals surface area contributed by atoms with E-state index in [1.165, 1.54) is 22.2 Å². The van der Waals surface area contributed by atoms with Gasteiger partial charge in [-0.05, 0) is 25.5 Å². The third-order valence-electron chi connectivity index (χ3n) is 4.67. The van der Waals surface area contributed by atoms with Gasteiger partial charge in [-0.25, -0.2) is 4.98 Å². The van der Waals surface area contributed by atoms with E-state index in [0.29, 0.717) is 12.4 Å². The monoisotopic (exact) mass is 308 g/mol. The van der Waals surface area contributed by atoms with Crippen LogP contribution >= 0.6 is 0 Å². The Morgan fingerprint density at radius 3 is 2.91 bits per heavy atom. The van der Waals surface area contributed by atoms with Crippen molar-refractivity contribution in [3.8, 4) is 0 Å². The van der Waals surface area contributed by atoms with Crippen LogP contribution in [0, 0.1) is 13.8 Å². The highest BCUT2D eigenvalue weighted by Gasteiger charge is 2.22. The number of rotatable bonds is 2. The molecule has 0 atom stereocenters. The molecule has 1 aliphatic rings. The van der Waals surface area contributed by atoms with Crippen molar-refractivity contribution < 1.29 is 0 Å². The number of hydrogen-bond donors (Lipinski definition) is 2. The summed E-state index contributed by atoms with van der Waals surface area (Å²) >= 11 is 0. The van der Waals surface area contributed by atoms with Crippen molar-refractivity contribution in [2.24, 2.45) is 0 Å². The predicted molar refractivity (Wildman–Crippen MR) is 90.4 cm³/mol. The molecule has 23 heavy (non-hydrogen) atoms. The van der Waals surface area contributed by atoms with Crippen molar-refractivity contribution in [1.29, 1.82) is 0 Å². The smallest absolute Gasteiger partial charge is 0.255 e. The molecule has 2 aromatic heterocycles. The third kappa shape index (κ3) is 2.47. The minimum atomic E-state index is 0.00727. The Bertz CT molecular complexity index is 938. The van der Waals surface area contributed by atoms with Crippen LogP contribution in [0.2, 0.25) is 0 Å². The second-order valence-corrected chi connectivity index (χ2v) is 6.31. The molecule has 0 aliphatic carbocycles. The van der Waals surface area contributed by atoms with E-state index in [4.69, 9.17) is 0 Å². The average Bonchev–Trinajstić information content (AvgIpc) is 2.84. The molecule has 0 radical (unpaired) electrons. The molecule has 1 aliphatic heterocycles. The fraction of sp³-hybridized carbons (Fsp3) is 0.333. The summed E-state index contributed by atoms with van der Waals surface area (Å²) in [5.41, 5.74) is 5.48. The first-order chi connectivity index (χ1) is 11.1. The summed E-state index contributed by atoms with van der Waals surface area (Å²) in [4.78, 5) is 25.3. The maximum absolute atomic E-state index is 12.2. The standard InChI is InChI=1S/C18H20N4O/c1-11-14(13-5-3-4-6-16(13)19-11)9-22-8-7-17-15(10-22)18(23)21-12(2)20-17/h3-6,19H,7-10H2,1-2H3,(H,20,21,23). The molecule has 2 N–H and O–H groups in total. The molecule has 0 unspecified atom stereocenters. The zero-order valence-corrected chi connectivity index (χ0v) is 13.4. The lowest BCUT2D eigenvalue weighted by Gasteiger charge is -2.27. The topological polar surface area (TPSA) is 64.8 Å². The molecule has 4 rings (SSSR count). The van der Waals surface area contributed by atoms with Gasteiger partial charge in [-0.3, -0.25) is 9.69 Å². The van der Waals surface area contributed by atoms with E-state index in [-0.39, 0.29) is 5.56 Å². The Morgan fingerprint density at radius 2 is 2.04 bits per heavy atom. The summed E-state index contributed by atoms with van der Waals surface area (Å²) in [6.45, 7) is 6.40. The van der Waals surface area contributed by atoms with Gasteiger partial charge in [-0.15, -0.1) is 0 Å². The van der Waals surface area contributed by atoms with Crippen molar-refractivity contribution in [1.82, 2.24) is 19.9 Å². The van der Waals surface area contributed by atoms with Gasteiger partial charge in [0.1, 0.15) is 5.82 Å². The number of para-hydroxylation sites is 1. The average molecular weight is 308 g/mol. The number of hydrogen-bond acceptors (Lipinski definition) is 3. The molecule has 0 saturated carbocycles. The second kappa shape index (κ2) is 5.35. The highest BCUT2D eigenvalue weighted by atomic mass is 16.1. The Hall–Kier alpha value is -2.40. The van der Waals surface area contributed by atoms with Crippen molar-refractivity contribution in [2.45, 2.75) is 33.4 Å². The van der Waals surface area contributed by atoms with E-state index in [9.17, 15) is 4.79 Å². The lowest BCUT2D eigenvalue weighted by atomic mass is 10.0. The quantitative estimate of drug-likeness (QED) is 0.764. The van der Waals surface area contributed by atoms with E-state index >= 15 is 0 Å². The SMILES string of the molecule is Cc1nc2c(c(=O)[nH]1)CN(Cc1c(C)[nH]c3ccccc13)CC2. The summed E-state index contributed by atoms with van der Waals surface area (Å²) < 4.78 is 0. The van der Waals surface area contributed by atoms with Gasteiger partial charge in [0.2, 0.25) is 0 Å². The Labute approximate surface area is 134 Å². The molecule has 1 aromatic carbocycles. The Balaban J connectivity index is 1.65. The van der Waals surface area contributed by atoms with Crippen LogP contribution in [0.15, 0.2) is 29.1 Å². The number of aromatic amines is 2. The van der Waals surface area contributed by atoms with Crippen LogP contribution in [0.25, 0.3) is 10.9 Å². The molecule has 0 fully saturated rings. The lowest BCUT2D eigenvalue weighted by Crippen LogP contribution is -2.35. The maximum atomic E-state index is 12.2. The fourth-order valence-electron chi connectivity index (χ4n) is 3.50. The van der Waals surface area contributed by atoms with Crippen molar-refractivity contribution >= 4 is 10.9 Å². The highest BCUT2D eigenvalue weighted by molar-refractivity contribution is 5.84. The lowest BCUT2D eigenvalue weighted by molar-refractivity contribution is 0.242. The first-order valence-electron chi connectivity index (χ1n) is 7.99. The van der Waals surface area contributed by atoms with Crippen LogP contribution in [0.4, 0.5) is 0 Å². The molecule has 0 saturated heterocycles. The Kier molecular flexibility index (Phi) is 3.31. The number of benzene rings is 1. The maximum Gasteiger partial charge on any atom is 0.255 e. The normalized spacial score (nSPS) is 15.0. The van der Waals surface area contributed by atoms with E-state index in [1.54, 1.807) is 0 Å². The minimum absolute atomic E-state index is 0.00727. The zero-order chi connectivity index (χ0) is 16.0. The molecule has 0 amide bonds. The van der Waals surface area contributed by atoms with Crippen LogP contribution in [0.1, 0.15) is 28.3 Å². The van der Waals surface area contributed by atoms with Gasteiger partial charge in [0.25, 0.3) is 5.56 Å². The van der Waals surface area contributed by atoms with E-state index < -0.39 is 0 Å². The van der Waals surface area contributed by atoms with Gasteiger partial charge in [-0.1, -0.05) is 18.2 Å². The summed E-state index contributed by atoms with van der Waals surface area (Å²) in [6.07, 6.45) is 0.835. The first-order valence-corrected chi connectivity index (χ1v) is 7.99. The van der Waals surface area contributed by atoms with Crippen LogP contribution in [0.5, 0.6) is 0 Å². The van der Waals surface area contributed by atoms with Gasteiger partial charge in [0.15, 0.2) is 0 Å². The second-order valence-electron chi connectivity index (χ2n) is 6.31. The van der Waals surface area contributed by atoms with Crippen LogP contribution < -0.4 is 5.56 Å². The Morgan fingerprint density at radius 1 is 1.22 bits per heavy atom. The van der Waals surface area contributed by atoms with Gasteiger partial charge in [-0.2, -0.15) is 0 Å². The molecular weight excluding hydrogens is 288 g/mol. The van der Waals surface area contributed by atoms with Crippen molar-refractivity contribution in [3.63, 3.8) is 0 Å². The van der Waals surface area contributed by atoms with Gasteiger partial charge in [0, 0.05) is 42.7 Å². The van der Waals surface area contributed by atoms with Crippen LogP contribution in [-0.2, 0) is 19.5 Å². The molecule has 118 valence electrons. The summed E-state index contributed by atoms with van der Waals surface area (Å²) in [7, 11) is 0. The number of aromatic nitrogens is 3. The largest absolute Gasteiger partial charge is 0.358 e. The number of aryl methyl sites for hydroxylation is 2. The molecular formula is C18H20N4O. The van der Waals surface area contributed by atoms with Gasteiger partial charge in [0.05, 0.1) is 11.3 Å². The molecule has 0 spiro atoms. The number of nitrogens with zero attached hydrogens (tertiary/aromatic N) is 2. The summed E-state index contributed by atoms with van der Waals surface area (Å²) in [5.74, 6) is 0.703. The molecule has 3 heterocycles. The number of nitrogens with one attached hydrogen (secondary N) is 2. The number of H-pyrrole nitrogens is 2. The molecule has 3 aromatic rings. The van der Waals surface area contributed by atoms with Crippen molar-refractivity contribution in [2.75, 3.05) is 6.54 Å². The van der Waals surface area contributed by atoms with E-state index in [0.717, 1.165) is 30.8 Å². The molecule has 5 heteroatoms. The summed E-state index contributed by atoms with van der Waals surface area (Å²) in [5, 5.41) is 1.27. The van der Waals surface area contributed by atoms with Gasteiger partial charge < -0.3 is 9.97 Å².